The highest BCUT2D eigenvalue weighted by Crippen LogP contribution is 2.26. The molecule has 6 nitrogen and oxygen atoms in total. The number of nitrogens with one attached hydrogen (secondary N) is 1. The van der Waals surface area contributed by atoms with Crippen molar-refractivity contribution in [1.29, 1.82) is 0 Å². The molecule has 0 fully saturated rings. The molecule has 1 atom stereocenters. The van der Waals surface area contributed by atoms with Crippen LogP contribution in [0, 0.1) is 12.8 Å². The van der Waals surface area contributed by atoms with Crippen molar-refractivity contribution in [1.82, 2.24) is 4.72 Å². The molecule has 0 aliphatic heterocycles. The monoisotopic (exact) mass is 334 g/mol. The third-order valence-electron chi connectivity index (χ3n) is 3.06. The molecule has 0 amide bonds. The molecule has 1 rings (SSSR count). The van der Waals surface area contributed by atoms with Crippen LogP contribution in [0.2, 0.25) is 5.02 Å². The number of halogens is 1. The summed E-state index contributed by atoms with van der Waals surface area (Å²) in [6, 6.07) is 1.78. The zero-order valence-corrected chi connectivity index (χ0v) is 13.9. The van der Waals surface area contributed by atoms with Crippen LogP contribution in [0.5, 0.6) is 0 Å². The van der Waals surface area contributed by atoms with Gasteiger partial charge in [0.15, 0.2) is 0 Å². The van der Waals surface area contributed by atoms with Gasteiger partial charge in [-0.15, -0.1) is 0 Å². The Morgan fingerprint density at radius 1 is 1.38 bits per heavy atom. The summed E-state index contributed by atoms with van der Waals surface area (Å²) in [5.74, 6) is -0.926. The summed E-state index contributed by atoms with van der Waals surface area (Å²) < 4.78 is 31.9. The van der Waals surface area contributed by atoms with Crippen LogP contribution in [-0.4, -0.2) is 27.5 Å². The van der Waals surface area contributed by atoms with E-state index in [9.17, 15) is 13.2 Å². The molecule has 1 aromatic carbocycles. The fourth-order valence-corrected chi connectivity index (χ4v) is 3.69. The van der Waals surface area contributed by atoms with Crippen LogP contribution in [-0.2, 0) is 19.6 Å². The number of hydrogen-bond acceptors (Lipinski definition) is 5. The highest BCUT2D eigenvalue weighted by atomic mass is 35.5. The largest absolute Gasteiger partial charge is 0.468 e. The minimum Gasteiger partial charge on any atom is -0.468 e. The third kappa shape index (κ3) is 4.09. The first-order chi connectivity index (χ1) is 9.60. The van der Waals surface area contributed by atoms with Crippen LogP contribution < -0.4 is 10.5 Å². The van der Waals surface area contributed by atoms with E-state index in [1.165, 1.54) is 19.2 Å². The molecule has 0 bridgehead atoms. The van der Waals surface area contributed by atoms with Gasteiger partial charge in [0.1, 0.15) is 6.04 Å². The molecule has 0 aromatic heterocycles. The summed E-state index contributed by atoms with van der Waals surface area (Å²) >= 11 is 5.85. The summed E-state index contributed by atoms with van der Waals surface area (Å²) in [6.45, 7) is 5.00. The Bertz CT molecular complexity index is 644. The van der Waals surface area contributed by atoms with Gasteiger partial charge < -0.3 is 10.5 Å². The number of methoxy groups -OCH3 is 1. The molecular weight excluding hydrogens is 316 g/mol. The van der Waals surface area contributed by atoms with Gasteiger partial charge in [-0.3, -0.25) is 4.79 Å². The van der Waals surface area contributed by atoms with Gasteiger partial charge in [0.25, 0.3) is 0 Å². The number of hydrogen-bond donors (Lipinski definition) is 2. The van der Waals surface area contributed by atoms with E-state index in [0.29, 0.717) is 5.56 Å². The molecule has 118 valence electrons. The summed E-state index contributed by atoms with van der Waals surface area (Å²) in [7, 11) is -2.75. The van der Waals surface area contributed by atoms with Gasteiger partial charge in [-0.1, -0.05) is 25.4 Å². The molecule has 0 radical (unpaired) electrons. The van der Waals surface area contributed by atoms with E-state index in [2.05, 4.69) is 9.46 Å². The van der Waals surface area contributed by atoms with Crippen LogP contribution in [0.3, 0.4) is 0 Å². The van der Waals surface area contributed by atoms with Crippen LogP contribution in [0.15, 0.2) is 17.0 Å². The summed E-state index contributed by atoms with van der Waals surface area (Å²) in [5, 5.41) is 0.206. The highest BCUT2D eigenvalue weighted by Gasteiger charge is 2.30. The summed E-state index contributed by atoms with van der Waals surface area (Å²) in [5.41, 5.74) is 6.37. The number of esters is 1. The van der Waals surface area contributed by atoms with E-state index < -0.39 is 22.0 Å². The first kappa shape index (κ1) is 17.7. The lowest BCUT2D eigenvalue weighted by Crippen LogP contribution is -2.45. The predicted octanol–water partition coefficient (Wildman–Crippen LogP) is 1.71. The topological polar surface area (TPSA) is 98.5 Å². The van der Waals surface area contributed by atoms with Crippen LogP contribution >= 0.6 is 11.6 Å². The van der Waals surface area contributed by atoms with E-state index >= 15 is 0 Å². The zero-order chi connectivity index (χ0) is 16.4. The van der Waals surface area contributed by atoms with Crippen LogP contribution in [0.4, 0.5) is 5.69 Å². The van der Waals surface area contributed by atoms with E-state index in [1.54, 1.807) is 20.8 Å². The first-order valence-electron chi connectivity index (χ1n) is 6.26. The third-order valence-corrected chi connectivity index (χ3v) is 4.84. The number of carbonyl (C=O) groups excluding carboxylic acids is 1. The Morgan fingerprint density at radius 2 is 1.95 bits per heavy atom. The maximum absolute atomic E-state index is 12.5. The number of carbonyl (C=O) groups is 1. The van der Waals surface area contributed by atoms with Gasteiger partial charge in [-0.05, 0) is 30.5 Å². The van der Waals surface area contributed by atoms with Gasteiger partial charge in [0.05, 0.1) is 12.0 Å². The average molecular weight is 335 g/mol. The maximum Gasteiger partial charge on any atom is 0.324 e. The molecule has 0 spiro atoms. The molecule has 3 N–H and O–H groups in total. The first-order valence-corrected chi connectivity index (χ1v) is 8.12. The summed E-state index contributed by atoms with van der Waals surface area (Å²) in [4.78, 5) is 11.6. The van der Waals surface area contributed by atoms with Crippen molar-refractivity contribution >= 4 is 33.3 Å². The predicted molar refractivity (Wildman–Crippen MR) is 81.6 cm³/mol. The normalized spacial score (nSPS) is 13.2. The fourth-order valence-electron chi connectivity index (χ4n) is 1.77. The molecule has 0 aliphatic carbocycles. The number of nitrogen functional groups attached to an aromatic ring is 1. The minimum absolute atomic E-state index is 0.0537. The number of nitrogens with two attached hydrogens (primary N) is 1. The molecule has 1 aromatic rings. The molecule has 0 aliphatic rings. The molecule has 0 saturated heterocycles. The Hall–Kier alpha value is -1.31. The lowest BCUT2D eigenvalue weighted by Gasteiger charge is -2.20. The van der Waals surface area contributed by atoms with Crippen molar-refractivity contribution in [3.8, 4) is 0 Å². The van der Waals surface area contributed by atoms with Gasteiger partial charge in [0, 0.05) is 10.7 Å². The number of ether oxygens (including phenoxy) is 1. The van der Waals surface area contributed by atoms with Crippen LogP contribution in [0.25, 0.3) is 0 Å². The quantitative estimate of drug-likeness (QED) is 0.631. The number of benzene rings is 1. The van der Waals surface area contributed by atoms with Crippen molar-refractivity contribution in [2.24, 2.45) is 5.92 Å². The standard InChI is InChI=1S/C13H19ClN2O4S/c1-7(2)12(13(17)20-4)16-21(18,19)11-6-9(14)5-10(15)8(11)3/h5-7,12,16H,15H2,1-4H3. The molecule has 8 heteroatoms. The zero-order valence-electron chi connectivity index (χ0n) is 12.3. The van der Waals surface area contributed by atoms with Crippen molar-refractivity contribution in [3.05, 3.63) is 22.7 Å². The van der Waals surface area contributed by atoms with Crippen molar-refractivity contribution in [3.63, 3.8) is 0 Å². The molecule has 0 heterocycles. The van der Waals surface area contributed by atoms with Crippen LogP contribution in [0.1, 0.15) is 19.4 Å². The van der Waals surface area contributed by atoms with E-state index in [4.69, 9.17) is 17.3 Å². The Kier molecular flexibility index (Phi) is 5.61. The highest BCUT2D eigenvalue weighted by molar-refractivity contribution is 7.89. The number of sulfonamides is 1. The lowest BCUT2D eigenvalue weighted by molar-refractivity contribution is -0.143. The Morgan fingerprint density at radius 3 is 2.43 bits per heavy atom. The smallest absolute Gasteiger partial charge is 0.324 e. The summed E-state index contributed by atoms with van der Waals surface area (Å²) in [6.07, 6.45) is 0. The molecule has 21 heavy (non-hydrogen) atoms. The molecule has 1 unspecified atom stereocenters. The lowest BCUT2D eigenvalue weighted by atomic mass is 10.1. The number of anilines is 1. The Labute approximate surface area is 129 Å². The van der Waals surface area contributed by atoms with E-state index in [-0.39, 0.29) is 21.5 Å². The second-order valence-electron chi connectivity index (χ2n) is 4.98. The van der Waals surface area contributed by atoms with Gasteiger partial charge in [-0.25, -0.2) is 8.42 Å². The molecule has 0 saturated carbocycles. The second kappa shape index (κ2) is 6.64. The Balaban J connectivity index is 3.26. The average Bonchev–Trinajstić information content (AvgIpc) is 2.38. The fraction of sp³-hybridized carbons (Fsp3) is 0.462. The van der Waals surface area contributed by atoms with Crippen molar-refractivity contribution in [2.75, 3.05) is 12.8 Å². The second-order valence-corrected chi connectivity index (χ2v) is 7.10. The van der Waals surface area contributed by atoms with Crippen molar-refractivity contribution < 1.29 is 17.9 Å². The minimum atomic E-state index is -3.95. The van der Waals surface area contributed by atoms with Gasteiger partial charge in [0.2, 0.25) is 10.0 Å². The van der Waals surface area contributed by atoms with E-state index in [0.717, 1.165) is 0 Å². The SMILES string of the molecule is COC(=O)C(NS(=O)(=O)c1cc(Cl)cc(N)c1C)C(C)C. The molecular formula is C13H19ClN2O4S. The van der Waals surface area contributed by atoms with Gasteiger partial charge in [-0.2, -0.15) is 4.72 Å². The van der Waals surface area contributed by atoms with Gasteiger partial charge >= 0.3 is 5.97 Å². The van der Waals surface area contributed by atoms with E-state index in [1.807, 2.05) is 0 Å². The number of rotatable bonds is 5. The maximum atomic E-state index is 12.5. The van der Waals surface area contributed by atoms with Crippen molar-refractivity contribution in [2.45, 2.75) is 31.7 Å².